The molecule has 0 radical (unpaired) electrons. The van der Waals surface area contributed by atoms with Crippen molar-refractivity contribution in [2.45, 2.75) is 12.8 Å². The second kappa shape index (κ2) is 6.82. The molecule has 2 heterocycles. The Morgan fingerprint density at radius 2 is 2.12 bits per heavy atom. The summed E-state index contributed by atoms with van der Waals surface area (Å²) in [5, 5.41) is 12.7. The molecule has 0 atom stereocenters. The number of ether oxygens (including phenoxy) is 1. The number of amides is 1. The number of hydrogen-bond donors (Lipinski definition) is 1. The summed E-state index contributed by atoms with van der Waals surface area (Å²) in [5.74, 6) is 0.790. The van der Waals surface area contributed by atoms with Crippen LogP contribution in [0.25, 0.3) is 10.6 Å². The lowest BCUT2D eigenvalue weighted by Gasteiger charge is -2.04. The summed E-state index contributed by atoms with van der Waals surface area (Å²) in [7, 11) is 0. The molecule has 4 rings (SSSR count). The molecule has 0 saturated carbocycles. The minimum Gasteiger partial charge on any atom is -0.493 e. The molecule has 0 unspecified atom stereocenters. The number of rotatable bonds is 4. The van der Waals surface area contributed by atoms with Gasteiger partial charge < -0.3 is 10.1 Å². The number of nitrogens with zero attached hydrogens (tertiary/aromatic N) is 2. The SMILES string of the molecule is O=C(Cc1ccc2c(c1)CCO2)Nc1nnc(-c2ccccc2Cl)s1. The van der Waals surface area contributed by atoms with E-state index in [-0.39, 0.29) is 12.3 Å². The monoisotopic (exact) mass is 371 g/mol. The van der Waals surface area contributed by atoms with E-state index >= 15 is 0 Å². The van der Waals surface area contributed by atoms with Crippen molar-refractivity contribution in [2.75, 3.05) is 11.9 Å². The molecule has 1 amide bonds. The van der Waals surface area contributed by atoms with Crippen LogP contribution in [0.3, 0.4) is 0 Å². The molecule has 0 aliphatic carbocycles. The third-order valence-corrected chi connectivity index (χ3v) is 5.10. The first-order chi connectivity index (χ1) is 12.2. The van der Waals surface area contributed by atoms with Gasteiger partial charge in [-0.2, -0.15) is 0 Å². The maximum Gasteiger partial charge on any atom is 0.230 e. The van der Waals surface area contributed by atoms with Crippen LogP contribution >= 0.6 is 22.9 Å². The summed E-state index contributed by atoms with van der Waals surface area (Å²) in [6.07, 6.45) is 1.18. The van der Waals surface area contributed by atoms with Gasteiger partial charge in [0, 0.05) is 12.0 Å². The molecule has 0 saturated heterocycles. The molecular formula is C18H14ClN3O2S. The van der Waals surface area contributed by atoms with Gasteiger partial charge in [-0.1, -0.05) is 53.3 Å². The van der Waals surface area contributed by atoms with E-state index in [2.05, 4.69) is 15.5 Å². The van der Waals surface area contributed by atoms with Crippen LogP contribution in [0.15, 0.2) is 42.5 Å². The van der Waals surface area contributed by atoms with Crippen LogP contribution in [-0.2, 0) is 17.6 Å². The maximum absolute atomic E-state index is 12.3. The third-order valence-electron chi connectivity index (χ3n) is 3.89. The molecule has 0 fully saturated rings. The Balaban J connectivity index is 1.44. The number of carbonyl (C=O) groups is 1. The molecular weight excluding hydrogens is 358 g/mol. The molecule has 1 aromatic heterocycles. The number of fused-ring (bicyclic) bond motifs is 1. The Kier molecular flexibility index (Phi) is 4.38. The fourth-order valence-corrected chi connectivity index (χ4v) is 3.80. The van der Waals surface area contributed by atoms with Gasteiger partial charge in [0.05, 0.1) is 18.1 Å². The summed E-state index contributed by atoms with van der Waals surface area (Å²) in [6.45, 7) is 0.709. The highest BCUT2D eigenvalue weighted by Crippen LogP contribution is 2.31. The zero-order valence-electron chi connectivity index (χ0n) is 13.2. The topological polar surface area (TPSA) is 64.1 Å². The second-order valence-corrected chi connectivity index (χ2v) is 7.04. The van der Waals surface area contributed by atoms with Crippen molar-refractivity contribution < 1.29 is 9.53 Å². The van der Waals surface area contributed by atoms with E-state index < -0.39 is 0 Å². The van der Waals surface area contributed by atoms with Gasteiger partial charge in [0.1, 0.15) is 5.75 Å². The summed E-state index contributed by atoms with van der Waals surface area (Å²) >= 11 is 7.47. The lowest BCUT2D eigenvalue weighted by atomic mass is 10.1. The minimum absolute atomic E-state index is 0.124. The van der Waals surface area contributed by atoms with E-state index in [0.717, 1.165) is 28.9 Å². The highest BCUT2D eigenvalue weighted by atomic mass is 35.5. The molecule has 1 aliphatic heterocycles. The van der Waals surface area contributed by atoms with E-state index in [4.69, 9.17) is 16.3 Å². The van der Waals surface area contributed by atoms with E-state index in [1.165, 1.54) is 11.3 Å². The average Bonchev–Trinajstić information content (AvgIpc) is 3.24. The zero-order chi connectivity index (χ0) is 17.2. The fourth-order valence-electron chi connectivity index (χ4n) is 2.72. The van der Waals surface area contributed by atoms with Gasteiger partial charge in [0.15, 0.2) is 5.01 Å². The average molecular weight is 372 g/mol. The van der Waals surface area contributed by atoms with Gasteiger partial charge in [0.2, 0.25) is 11.0 Å². The smallest absolute Gasteiger partial charge is 0.230 e. The quantitative estimate of drug-likeness (QED) is 0.753. The highest BCUT2D eigenvalue weighted by molar-refractivity contribution is 7.18. The predicted octanol–water partition coefficient (Wildman–Crippen LogP) is 3.97. The van der Waals surface area contributed by atoms with Crippen molar-refractivity contribution in [3.05, 3.63) is 58.6 Å². The van der Waals surface area contributed by atoms with Crippen molar-refractivity contribution in [1.29, 1.82) is 0 Å². The highest BCUT2D eigenvalue weighted by Gasteiger charge is 2.15. The first-order valence-electron chi connectivity index (χ1n) is 7.82. The van der Waals surface area contributed by atoms with Gasteiger partial charge in [-0.15, -0.1) is 10.2 Å². The fraction of sp³-hybridized carbons (Fsp3) is 0.167. The predicted molar refractivity (Wildman–Crippen MR) is 98.3 cm³/mol. The zero-order valence-corrected chi connectivity index (χ0v) is 14.7. The first-order valence-corrected chi connectivity index (χ1v) is 9.01. The van der Waals surface area contributed by atoms with E-state index in [1.54, 1.807) is 6.07 Å². The van der Waals surface area contributed by atoms with Crippen LogP contribution in [0.2, 0.25) is 5.02 Å². The normalized spacial score (nSPS) is 12.5. The maximum atomic E-state index is 12.3. The molecule has 0 spiro atoms. The van der Waals surface area contributed by atoms with Crippen LogP contribution in [0.4, 0.5) is 5.13 Å². The number of aromatic nitrogens is 2. The molecule has 1 aliphatic rings. The summed E-state index contributed by atoms with van der Waals surface area (Å²) in [5.41, 5.74) is 2.92. The lowest BCUT2D eigenvalue weighted by Crippen LogP contribution is -2.14. The van der Waals surface area contributed by atoms with Crippen LogP contribution in [0.5, 0.6) is 5.75 Å². The number of anilines is 1. The van der Waals surface area contributed by atoms with E-state index in [0.29, 0.717) is 21.8 Å². The third kappa shape index (κ3) is 3.50. The Bertz CT molecular complexity index is 942. The summed E-state index contributed by atoms with van der Waals surface area (Å²) < 4.78 is 5.48. The van der Waals surface area contributed by atoms with Gasteiger partial charge in [-0.25, -0.2) is 0 Å². The molecule has 3 aromatic rings. The number of nitrogens with one attached hydrogen (secondary N) is 1. The van der Waals surface area contributed by atoms with Crippen molar-refractivity contribution in [3.63, 3.8) is 0 Å². The molecule has 2 aromatic carbocycles. The van der Waals surface area contributed by atoms with Crippen LogP contribution in [0.1, 0.15) is 11.1 Å². The van der Waals surface area contributed by atoms with Crippen molar-refractivity contribution in [2.24, 2.45) is 0 Å². The number of hydrogen-bond acceptors (Lipinski definition) is 5. The second-order valence-electron chi connectivity index (χ2n) is 5.66. The largest absolute Gasteiger partial charge is 0.493 e. The Labute approximate surface area is 153 Å². The Hall–Kier alpha value is -2.44. The molecule has 0 bridgehead atoms. The molecule has 1 N–H and O–H groups in total. The Morgan fingerprint density at radius 1 is 1.24 bits per heavy atom. The Morgan fingerprint density at radius 3 is 3.00 bits per heavy atom. The van der Waals surface area contributed by atoms with Crippen molar-refractivity contribution >= 4 is 34.0 Å². The van der Waals surface area contributed by atoms with E-state index in [1.807, 2.05) is 36.4 Å². The standard InChI is InChI=1S/C18H14ClN3O2S/c19-14-4-2-1-3-13(14)17-21-22-18(25-17)20-16(23)10-11-5-6-15-12(9-11)7-8-24-15/h1-6,9H,7-8,10H2,(H,20,22,23). The van der Waals surface area contributed by atoms with Crippen molar-refractivity contribution in [1.82, 2.24) is 10.2 Å². The minimum atomic E-state index is -0.124. The number of benzene rings is 2. The van der Waals surface area contributed by atoms with Crippen molar-refractivity contribution in [3.8, 4) is 16.3 Å². The first kappa shape index (κ1) is 16.1. The molecule has 5 nitrogen and oxygen atoms in total. The molecule has 25 heavy (non-hydrogen) atoms. The van der Waals surface area contributed by atoms with Crippen LogP contribution in [0, 0.1) is 0 Å². The summed E-state index contributed by atoms with van der Waals surface area (Å²) in [6, 6.07) is 13.3. The van der Waals surface area contributed by atoms with Gasteiger partial charge in [0.25, 0.3) is 0 Å². The number of carbonyl (C=O) groups excluding carboxylic acids is 1. The van der Waals surface area contributed by atoms with Crippen LogP contribution < -0.4 is 10.1 Å². The van der Waals surface area contributed by atoms with Gasteiger partial charge in [-0.3, -0.25) is 4.79 Å². The van der Waals surface area contributed by atoms with Gasteiger partial charge >= 0.3 is 0 Å². The molecule has 126 valence electrons. The summed E-state index contributed by atoms with van der Waals surface area (Å²) in [4.78, 5) is 12.3. The van der Waals surface area contributed by atoms with Crippen LogP contribution in [-0.4, -0.2) is 22.7 Å². The van der Waals surface area contributed by atoms with Gasteiger partial charge in [-0.05, 0) is 23.3 Å². The number of halogens is 1. The lowest BCUT2D eigenvalue weighted by molar-refractivity contribution is -0.115. The molecule has 7 heteroatoms. The van der Waals surface area contributed by atoms with E-state index in [9.17, 15) is 4.79 Å².